The zero-order valence-corrected chi connectivity index (χ0v) is 19.0. The van der Waals surface area contributed by atoms with Crippen molar-refractivity contribution in [1.82, 2.24) is 4.57 Å². The van der Waals surface area contributed by atoms with Gasteiger partial charge in [-0.3, -0.25) is 9.59 Å². The normalized spacial score (nSPS) is 18.5. The van der Waals surface area contributed by atoms with Crippen molar-refractivity contribution in [3.05, 3.63) is 70.4 Å². The maximum atomic E-state index is 14.1. The highest BCUT2D eigenvalue weighted by Crippen LogP contribution is 2.42. The predicted molar refractivity (Wildman–Crippen MR) is 123 cm³/mol. The lowest BCUT2D eigenvalue weighted by Gasteiger charge is -2.28. The number of hydrogen-bond donors (Lipinski definition) is 1. The van der Waals surface area contributed by atoms with Crippen LogP contribution in [-0.2, 0) is 22.6 Å². The van der Waals surface area contributed by atoms with Crippen LogP contribution in [0.3, 0.4) is 0 Å². The molecule has 0 unspecified atom stereocenters. The van der Waals surface area contributed by atoms with Crippen LogP contribution in [0.15, 0.2) is 36.4 Å². The number of hydrogen-bond acceptors (Lipinski definition) is 2. The molecule has 0 radical (unpaired) electrons. The zero-order chi connectivity index (χ0) is 23.7. The quantitative estimate of drug-likeness (QED) is 0.470. The van der Waals surface area contributed by atoms with E-state index in [9.17, 15) is 23.5 Å². The lowest BCUT2D eigenvalue weighted by Crippen LogP contribution is -2.22. The van der Waals surface area contributed by atoms with Gasteiger partial charge in [0, 0.05) is 28.9 Å². The Morgan fingerprint density at radius 2 is 1.76 bits per heavy atom. The van der Waals surface area contributed by atoms with E-state index < -0.39 is 5.97 Å². The number of rotatable bonds is 7. The first-order valence-corrected chi connectivity index (χ1v) is 11.5. The van der Waals surface area contributed by atoms with Gasteiger partial charge in [0.1, 0.15) is 24.0 Å². The second-order valence-electron chi connectivity index (χ2n) is 9.25. The van der Waals surface area contributed by atoms with Gasteiger partial charge in [-0.1, -0.05) is 12.1 Å². The van der Waals surface area contributed by atoms with E-state index in [1.807, 2.05) is 19.9 Å². The third-order valence-electron chi connectivity index (χ3n) is 7.07. The van der Waals surface area contributed by atoms with Crippen LogP contribution in [0, 0.1) is 31.4 Å². The van der Waals surface area contributed by atoms with E-state index in [0.29, 0.717) is 18.4 Å². The SMILES string of the molecule is Cc1ccc(CCC(=O)C2CCC(c3c(C)n(CC(=O)O)c4ccc(F)cc34)CC2)c(F)c1. The number of carboxylic acid groups (broad SMARTS) is 1. The summed E-state index contributed by atoms with van der Waals surface area (Å²) in [7, 11) is 0. The molecule has 0 atom stereocenters. The first-order valence-electron chi connectivity index (χ1n) is 11.5. The van der Waals surface area contributed by atoms with Gasteiger partial charge in [-0.15, -0.1) is 0 Å². The summed E-state index contributed by atoms with van der Waals surface area (Å²) in [5, 5.41) is 10.1. The van der Waals surface area contributed by atoms with Gasteiger partial charge >= 0.3 is 5.97 Å². The highest BCUT2D eigenvalue weighted by molar-refractivity contribution is 5.87. The van der Waals surface area contributed by atoms with Crippen molar-refractivity contribution in [3.8, 4) is 0 Å². The van der Waals surface area contributed by atoms with Crippen molar-refractivity contribution in [2.24, 2.45) is 5.92 Å². The van der Waals surface area contributed by atoms with Crippen LogP contribution < -0.4 is 0 Å². The van der Waals surface area contributed by atoms with Crippen LogP contribution in [0.1, 0.15) is 60.4 Å². The van der Waals surface area contributed by atoms with Crippen molar-refractivity contribution in [2.45, 2.75) is 64.8 Å². The van der Waals surface area contributed by atoms with Gasteiger partial charge in [0.15, 0.2) is 0 Å². The second kappa shape index (κ2) is 9.46. The molecule has 1 aliphatic rings. The van der Waals surface area contributed by atoms with E-state index >= 15 is 0 Å². The molecule has 0 spiro atoms. The van der Waals surface area contributed by atoms with Crippen molar-refractivity contribution >= 4 is 22.7 Å². The molecule has 2 aromatic carbocycles. The summed E-state index contributed by atoms with van der Waals surface area (Å²) in [5.41, 5.74) is 4.01. The fraction of sp³-hybridized carbons (Fsp3) is 0.407. The first kappa shape index (κ1) is 23.1. The number of nitrogens with zero attached hydrogens (tertiary/aromatic N) is 1. The average molecular weight is 454 g/mol. The Hall–Kier alpha value is -3.02. The molecule has 1 saturated carbocycles. The van der Waals surface area contributed by atoms with Crippen LogP contribution in [0.5, 0.6) is 0 Å². The maximum Gasteiger partial charge on any atom is 0.323 e. The Kier molecular flexibility index (Phi) is 6.63. The third kappa shape index (κ3) is 4.85. The van der Waals surface area contributed by atoms with Gasteiger partial charge < -0.3 is 9.67 Å². The standard InChI is InChI=1S/C27H29F2NO3/c1-16-3-4-18(23(29)13-16)9-12-25(31)19-5-7-20(8-6-19)27-17(2)30(15-26(32)33)24-11-10-21(28)14-22(24)27/h3-4,10-11,13-14,19-20H,5-9,12,15H2,1-2H3,(H,32,33). The van der Waals surface area contributed by atoms with Crippen molar-refractivity contribution in [3.63, 3.8) is 0 Å². The Morgan fingerprint density at radius 1 is 1.03 bits per heavy atom. The molecule has 6 heteroatoms. The molecule has 174 valence electrons. The summed E-state index contributed by atoms with van der Waals surface area (Å²) < 4.78 is 29.8. The van der Waals surface area contributed by atoms with Crippen molar-refractivity contribution in [2.75, 3.05) is 0 Å². The molecule has 3 aromatic rings. The lowest BCUT2D eigenvalue weighted by atomic mass is 9.75. The predicted octanol–water partition coefficient (Wildman–Crippen LogP) is 6.10. The molecule has 1 aliphatic carbocycles. The Labute approximate surface area is 192 Å². The number of halogens is 2. The molecule has 0 aliphatic heterocycles. The van der Waals surface area contributed by atoms with Crippen molar-refractivity contribution in [1.29, 1.82) is 0 Å². The molecule has 4 nitrogen and oxygen atoms in total. The molecule has 4 rings (SSSR count). The largest absolute Gasteiger partial charge is 0.480 e. The van der Waals surface area contributed by atoms with Gasteiger partial charge in [0.25, 0.3) is 0 Å². The Morgan fingerprint density at radius 3 is 2.42 bits per heavy atom. The number of benzene rings is 2. The van der Waals surface area contributed by atoms with Gasteiger partial charge in [-0.2, -0.15) is 0 Å². The van der Waals surface area contributed by atoms with Gasteiger partial charge in [-0.05, 0) is 92.8 Å². The summed E-state index contributed by atoms with van der Waals surface area (Å²) in [4.78, 5) is 24.2. The molecular formula is C27H29F2NO3. The summed E-state index contributed by atoms with van der Waals surface area (Å²) in [6.07, 6.45) is 3.79. The molecule has 33 heavy (non-hydrogen) atoms. The fourth-order valence-corrected chi connectivity index (χ4v) is 5.36. The molecule has 0 saturated heterocycles. The molecule has 0 amide bonds. The van der Waals surface area contributed by atoms with E-state index in [1.165, 1.54) is 18.2 Å². The average Bonchev–Trinajstić information content (AvgIpc) is 3.03. The highest BCUT2D eigenvalue weighted by atomic mass is 19.1. The Balaban J connectivity index is 1.46. The smallest absolute Gasteiger partial charge is 0.323 e. The number of carbonyl (C=O) groups is 2. The number of carboxylic acids is 1. The minimum absolute atomic E-state index is 0.0424. The van der Waals surface area contributed by atoms with Crippen molar-refractivity contribution < 1.29 is 23.5 Å². The number of aromatic nitrogens is 1. The van der Waals surface area contributed by atoms with E-state index in [2.05, 4.69) is 0 Å². The van der Waals surface area contributed by atoms with Crippen LogP contribution in [0.4, 0.5) is 8.78 Å². The van der Waals surface area contributed by atoms with Gasteiger partial charge in [-0.25, -0.2) is 8.78 Å². The molecule has 1 heterocycles. The third-order valence-corrected chi connectivity index (χ3v) is 7.07. The molecular weight excluding hydrogens is 424 g/mol. The van der Waals surface area contributed by atoms with E-state index in [1.54, 1.807) is 16.7 Å². The lowest BCUT2D eigenvalue weighted by molar-refractivity contribution is -0.137. The summed E-state index contributed by atoms with van der Waals surface area (Å²) in [6, 6.07) is 9.60. The summed E-state index contributed by atoms with van der Waals surface area (Å²) in [6.45, 7) is 3.56. The number of aryl methyl sites for hydroxylation is 2. The second-order valence-corrected chi connectivity index (χ2v) is 9.25. The topological polar surface area (TPSA) is 59.3 Å². The fourth-order valence-electron chi connectivity index (χ4n) is 5.36. The minimum atomic E-state index is -0.940. The van der Waals surface area contributed by atoms with Gasteiger partial charge in [0.2, 0.25) is 0 Å². The van der Waals surface area contributed by atoms with E-state index in [-0.39, 0.29) is 35.8 Å². The van der Waals surface area contributed by atoms with E-state index in [4.69, 9.17) is 0 Å². The number of ketones is 1. The summed E-state index contributed by atoms with van der Waals surface area (Å²) in [5.74, 6) is -1.26. The van der Waals surface area contributed by atoms with Crippen LogP contribution in [0.2, 0.25) is 0 Å². The number of aliphatic carboxylic acids is 1. The molecule has 1 N–H and O–H groups in total. The molecule has 1 fully saturated rings. The maximum absolute atomic E-state index is 14.1. The minimum Gasteiger partial charge on any atom is -0.480 e. The monoisotopic (exact) mass is 453 g/mol. The number of fused-ring (bicyclic) bond motifs is 1. The van der Waals surface area contributed by atoms with E-state index in [0.717, 1.165) is 53.4 Å². The summed E-state index contributed by atoms with van der Waals surface area (Å²) >= 11 is 0. The van der Waals surface area contributed by atoms with Gasteiger partial charge in [0.05, 0.1) is 0 Å². The van der Waals surface area contributed by atoms with Crippen LogP contribution in [-0.4, -0.2) is 21.4 Å². The highest BCUT2D eigenvalue weighted by Gasteiger charge is 2.30. The molecule has 1 aromatic heterocycles. The Bertz CT molecular complexity index is 1210. The number of Topliss-reactive ketones (excluding diaryl/α,β-unsaturated/α-hetero) is 1. The number of carbonyl (C=O) groups excluding carboxylic acids is 1. The molecule has 0 bridgehead atoms. The first-order chi connectivity index (χ1) is 15.7. The van der Waals surface area contributed by atoms with Crippen LogP contribution >= 0.6 is 0 Å². The van der Waals surface area contributed by atoms with Crippen LogP contribution in [0.25, 0.3) is 10.9 Å². The zero-order valence-electron chi connectivity index (χ0n) is 19.0.